The maximum Gasteiger partial charge on any atom is 0.291 e. The predicted octanol–water partition coefficient (Wildman–Crippen LogP) is 0.729. The van der Waals surface area contributed by atoms with Gasteiger partial charge in [0.25, 0.3) is 5.91 Å². The second kappa shape index (κ2) is 7.06. The summed E-state index contributed by atoms with van der Waals surface area (Å²) in [5, 5.41) is 3.21. The van der Waals surface area contributed by atoms with Gasteiger partial charge in [-0.1, -0.05) is 20.4 Å². The highest BCUT2D eigenvalue weighted by molar-refractivity contribution is 6.39. The molecule has 1 aliphatic heterocycles. The first-order valence-corrected chi connectivity index (χ1v) is 6.26. The van der Waals surface area contributed by atoms with Crippen molar-refractivity contribution in [3.63, 3.8) is 0 Å². The lowest BCUT2D eigenvalue weighted by molar-refractivity contribution is -0.124. The van der Waals surface area contributed by atoms with Crippen molar-refractivity contribution in [2.75, 3.05) is 33.2 Å². The Kier molecular flexibility index (Phi) is 5.71. The fourth-order valence-corrected chi connectivity index (χ4v) is 1.51. The van der Waals surface area contributed by atoms with Crippen molar-refractivity contribution in [3.8, 4) is 0 Å². The number of hydrogen-bond acceptors (Lipinski definition) is 3. The molecule has 0 radical (unpaired) electrons. The Labute approximate surface area is 109 Å². The molecule has 0 aromatic rings. The van der Waals surface area contributed by atoms with Gasteiger partial charge in [-0.3, -0.25) is 9.79 Å². The maximum atomic E-state index is 12.1. The quantitative estimate of drug-likeness (QED) is 0.580. The Bertz CT molecular complexity index is 365. The van der Waals surface area contributed by atoms with Crippen molar-refractivity contribution in [1.82, 2.24) is 10.2 Å². The van der Waals surface area contributed by atoms with Crippen LogP contribution in [0.2, 0.25) is 0 Å². The van der Waals surface area contributed by atoms with Crippen molar-refractivity contribution < 1.29 is 4.79 Å². The molecule has 5 nitrogen and oxygen atoms in total. The van der Waals surface area contributed by atoms with Gasteiger partial charge >= 0.3 is 0 Å². The lowest BCUT2D eigenvalue weighted by Gasteiger charge is -2.26. The summed E-state index contributed by atoms with van der Waals surface area (Å²) in [5.74, 6) is 0.464. The van der Waals surface area contributed by atoms with E-state index in [-0.39, 0.29) is 11.7 Å². The summed E-state index contributed by atoms with van der Waals surface area (Å²) in [4.78, 5) is 22.0. The van der Waals surface area contributed by atoms with Crippen LogP contribution in [0.5, 0.6) is 0 Å². The Morgan fingerprint density at radius 2 is 2.00 bits per heavy atom. The van der Waals surface area contributed by atoms with Crippen LogP contribution >= 0.6 is 0 Å². The molecule has 1 amide bonds. The molecule has 5 heteroatoms. The highest BCUT2D eigenvalue weighted by Gasteiger charge is 2.20. The van der Waals surface area contributed by atoms with Gasteiger partial charge in [0.2, 0.25) is 5.84 Å². The van der Waals surface area contributed by atoms with E-state index < -0.39 is 0 Å². The van der Waals surface area contributed by atoms with Gasteiger partial charge in [0, 0.05) is 39.4 Å². The number of aliphatic imine (C=N–C) groups is 2. The molecular weight excluding hydrogens is 228 g/mol. The monoisotopic (exact) mass is 250 g/mol. The minimum atomic E-state index is -0.105. The zero-order valence-electron chi connectivity index (χ0n) is 11.4. The Hall–Kier alpha value is -1.49. The molecule has 1 aliphatic rings. The number of nitrogens with one attached hydrogen (secondary N) is 1. The maximum absolute atomic E-state index is 12.1. The van der Waals surface area contributed by atoms with Crippen LogP contribution < -0.4 is 5.32 Å². The SMILES string of the molecule is C=C(C=NC(=NC)C(=O)N1CCNCC1)C(C)C. The average Bonchev–Trinajstić information content (AvgIpc) is 2.39. The molecule has 0 unspecified atom stereocenters. The largest absolute Gasteiger partial charge is 0.333 e. The first kappa shape index (κ1) is 14.6. The molecule has 1 N–H and O–H groups in total. The molecule has 0 spiro atoms. The number of rotatable bonds is 2. The minimum Gasteiger partial charge on any atom is -0.333 e. The number of hydrogen-bond donors (Lipinski definition) is 1. The first-order valence-electron chi connectivity index (χ1n) is 6.26. The molecule has 0 aliphatic carbocycles. The molecular formula is C13H22N4O. The van der Waals surface area contributed by atoms with Gasteiger partial charge in [-0.05, 0) is 11.5 Å². The second-order valence-electron chi connectivity index (χ2n) is 4.58. The van der Waals surface area contributed by atoms with Gasteiger partial charge in [-0.15, -0.1) is 0 Å². The predicted molar refractivity (Wildman–Crippen MR) is 75.3 cm³/mol. The first-order chi connectivity index (χ1) is 8.56. The Morgan fingerprint density at radius 1 is 1.39 bits per heavy atom. The molecule has 1 fully saturated rings. The number of amidine groups is 1. The summed E-state index contributed by atoms with van der Waals surface area (Å²) in [6, 6.07) is 0. The third-order valence-electron chi connectivity index (χ3n) is 2.90. The molecule has 0 aromatic heterocycles. The summed E-state index contributed by atoms with van der Waals surface area (Å²) < 4.78 is 0. The number of carbonyl (C=O) groups excluding carboxylic acids is 1. The van der Waals surface area contributed by atoms with Crippen LogP contribution in [0.15, 0.2) is 22.1 Å². The van der Waals surface area contributed by atoms with Crippen molar-refractivity contribution in [2.24, 2.45) is 15.9 Å². The van der Waals surface area contributed by atoms with Gasteiger partial charge in [0.15, 0.2) is 0 Å². The summed E-state index contributed by atoms with van der Waals surface area (Å²) in [6.07, 6.45) is 1.63. The van der Waals surface area contributed by atoms with Crippen LogP contribution in [0.1, 0.15) is 13.8 Å². The molecule has 1 saturated heterocycles. The second-order valence-corrected chi connectivity index (χ2v) is 4.58. The van der Waals surface area contributed by atoms with Gasteiger partial charge in [0.1, 0.15) is 0 Å². The molecule has 0 atom stereocenters. The highest BCUT2D eigenvalue weighted by Crippen LogP contribution is 2.04. The van der Waals surface area contributed by atoms with E-state index >= 15 is 0 Å². The average molecular weight is 250 g/mol. The zero-order valence-corrected chi connectivity index (χ0v) is 11.4. The molecule has 1 rings (SSSR count). The number of amides is 1. The van der Waals surface area contributed by atoms with E-state index in [1.54, 1.807) is 18.2 Å². The number of nitrogens with zero attached hydrogens (tertiary/aromatic N) is 3. The Balaban J connectivity index is 2.66. The van der Waals surface area contributed by atoms with Crippen LogP contribution in [0.3, 0.4) is 0 Å². The Morgan fingerprint density at radius 3 is 2.50 bits per heavy atom. The summed E-state index contributed by atoms with van der Waals surface area (Å²) in [6.45, 7) is 11.0. The van der Waals surface area contributed by atoms with Crippen molar-refractivity contribution in [3.05, 3.63) is 12.2 Å². The van der Waals surface area contributed by atoms with Crippen LogP contribution in [0, 0.1) is 5.92 Å². The van der Waals surface area contributed by atoms with E-state index in [0.29, 0.717) is 19.0 Å². The van der Waals surface area contributed by atoms with Gasteiger partial charge in [-0.2, -0.15) is 0 Å². The molecule has 0 saturated carbocycles. The van der Waals surface area contributed by atoms with E-state index in [4.69, 9.17) is 0 Å². The fraction of sp³-hybridized carbons (Fsp3) is 0.615. The van der Waals surface area contributed by atoms with Gasteiger partial charge < -0.3 is 10.2 Å². The molecule has 1 heterocycles. The summed E-state index contributed by atoms with van der Waals surface area (Å²) >= 11 is 0. The summed E-state index contributed by atoms with van der Waals surface area (Å²) in [5.41, 5.74) is 0.893. The van der Waals surface area contributed by atoms with Crippen LogP contribution in [0.4, 0.5) is 0 Å². The van der Waals surface area contributed by atoms with Crippen molar-refractivity contribution >= 4 is 18.0 Å². The van der Waals surface area contributed by atoms with Crippen LogP contribution in [0.25, 0.3) is 0 Å². The lowest BCUT2D eigenvalue weighted by atomic mass is 10.1. The molecule has 18 heavy (non-hydrogen) atoms. The van der Waals surface area contributed by atoms with Gasteiger partial charge in [-0.25, -0.2) is 4.99 Å². The van der Waals surface area contributed by atoms with Crippen LogP contribution in [-0.2, 0) is 4.79 Å². The standard InChI is InChI=1S/C13H22N4O/c1-10(2)11(3)9-16-12(14-4)13(18)17-7-5-15-6-8-17/h9-10,15H,3,5-8H2,1-2,4H3. The van der Waals surface area contributed by atoms with Crippen LogP contribution in [-0.4, -0.2) is 56.1 Å². The minimum absolute atomic E-state index is 0.105. The van der Waals surface area contributed by atoms with Crippen molar-refractivity contribution in [1.29, 1.82) is 0 Å². The van der Waals surface area contributed by atoms with E-state index in [1.165, 1.54) is 0 Å². The van der Waals surface area contributed by atoms with E-state index in [0.717, 1.165) is 18.7 Å². The van der Waals surface area contributed by atoms with Gasteiger partial charge in [0.05, 0.1) is 0 Å². The van der Waals surface area contributed by atoms with Crippen molar-refractivity contribution in [2.45, 2.75) is 13.8 Å². The van der Waals surface area contributed by atoms with E-state index in [9.17, 15) is 4.79 Å². The van der Waals surface area contributed by atoms with E-state index in [2.05, 4.69) is 21.9 Å². The zero-order chi connectivity index (χ0) is 13.5. The fourth-order valence-electron chi connectivity index (χ4n) is 1.51. The molecule has 0 aromatic carbocycles. The molecule has 0 bridgehead atoms. The highest BCUT2D eigenvalue weighted by atomic mass is 16.2. The topological polar surface area (TPSA) is 57.1 Å². The normalized spacial score (nSPS) is 17.6. The molecule has 100 valence electrons. The number of piperazine rings is 1. The van der Waals surface area contributed by atoms with E-state index in [1.807, 2.05) is 13.8 Å². The lowest BCUT2D eigenvalue weighted by Crippen LogP contribution is -2.48. The number of allylic oxidation sites excluding steroid dienone is 1. The third kappa shape index (κ3) is 4.07. The number of carbonyl (C=O) groups is 1. The third-order valence-corrected chi connectivity index (χ3v) is 2.90. The smallest absolute Gasteiger partial charge is 0.291 e. The summed E-state index contributed by atoms with van der Waals surface area (Å²) in [7, 11) is 1.59.